The third-order valence-electron chi connectivity index (χ3n) is 4.13. The summed E-state index contributed by atoms with van der Waals surface area (Å²) in [5, 5.41) is 4.01. The Morgan fingerprint density at radius 1 is 0.857 bits per heavy atom. The SMILES string of the molecule is CC(=O)c1ccc(-c2nc(-c3ccc(Oc4ccc(F)cc4)cc3)no2)cc1. The highest BCUT2D eigenvalue weighted by molar-refractivity contribution is 5.94. The fourth-order valence-corrected chi connectivity index (χ4v) is 2.62. The number of carbonyl (C=O) groups excluding carboxylic acids is 1. The summed E-state index contributed by atoms with van der Waals surface area (Å²) >= 11 is 0. The van der Waals surface area contributed by atoms with Crippen LogP contribution in [0.15, 0.2) is 77.3 Å². The molecule has 0 unspecified atom stereocenters. The number of benzene rings is 3. The van der Waals surface area contributed by atoms with E-state index in [-0.39, 0.29) is 11.6 Å². The van der Waals surface area contributed by atoms with Gasteiger partial charge >= 0.3 is 0 Å². The molecule has 28 heavy (non-hydrogen) atoms. The minimum absolute atomic E-state index is 0.000661. The number of halogens is 1. The molecule has 4 rings (SSSR count). The Hall–Kier alpha value is -3.80. The van der Waals surface area contributed by atoms with Gasteiger partial charge in [0.1, 0.15) is 17.3 Å². The number of Topliss-reactive ketones (excluding diaryl/α,β-unsaturated/α-hetero) is 1. The number of aromatic nitrogens is 2. The highest BCUT2D eigenvalue weighted by Crippen LogP contribution is 2.26. The zero-order chi connectivity index (χ0) is 19.5. The number of ether oxygens (including phenoxy) is 1. The van der Waals surface area contributed by atoms with E-state index in [1.807, 2.05) is 12.1 Å². The number of rotatable bonds is 5. The summed E-state index contributed by atoms with van der Waals surface area (Å²) < 4.78 is 24.0. The normalized spacial score (nSPS) is 10.6. The highest BCUT2D eigenvalue weighted by atomic mass is 19.1. The first-order valence-corrected chi connectivity index (χ1v) is 8.57. The summed E-state index contributed by atoms with van der Waals surface area (Å²) in [6.45, 7) is 1.52. The molecule has 0 aliphatic rings. The summed E-state index contributed by atoms with van der Waals surface area (Å²) in [5.74, 6) is 1.66. The second-order valence-corrected chi connectivity index (χ2v) is 6.14. The van der Waals surface area contributed by atoms with Gasteiger partial charge in [0.25, 0.3) is 5.89 Å². The molecule has 0 saturated carbocycles. The van der Waals surface area contributed by atoms with Crippen molar-refractivity contribution in [3.05, 3.63) is 84.2 Å². The molecule has 138 valence electrons. The smallest absolute Gasteiger partial charge is 0.258 e. The molecule has 6 heteroatoms. The Bertz CT molecular complexity index is 1100. The van der Waals surface area contributed by atoms with Gasteiger partial charge in [-0.15, -0.1) is 0 Å². The van der Waals surface area contributed by atoms with Crippen LogP contribution in [-0.2, 0) is 0 Å². The first-order chi connectivity index (χ1) is 13.6. The maximum absolute atomic E-state index is 13.0. The molecule has 0 aliphatic carbocycles. The van der Waals surface area contributed by atoms with E-state index in [0.29, 0.717) is 28.8 Å². The van der Waals surface area contributed by atoms with Crippen LogP contribution in [0.1, 0.15) is 17.3 Å². The van der Waals surface area contributed by atoms with Crippen LogP contribution in [0.3, 0.4) is 0 Å². The third kappa shape index (κ3) is 3.81. The molecule has 0 amide bonds. The summed E-state index contributed by atoms with van der Waals surface area (Å²) in [7, 11) is 0. The second kappa shape index (κ2) is 7.44. The van der Waals surface area contributed by atoms with Crippen LogP contribution in [0.25, 0.3) is 22.8 Å². The van der Waals surface area contributed by atoms with Gasteiger partial charge in [-0.2, -0.15) is 4.98 Å². The van der Waals surface area contributed by atoms with Gasteiger partial charge in [-0.25, -0.2) is 4.39 Å². The monoisotopic (exact) mass is 374 g/mol. The largest absolute Gasteiger partial charge is 0.457 e. The zero-order valence-electron chi connectivity index (χ0n) is 14.9. The Balaban J connectivity index is 1.50. The maximum Gasteiger partial charge on any atom is 0.258 e. The molecule has 0 saturated heterocycles. The summed E-state index contributed by atoms with van der Waals surface area (Å²) in [4.78, 5) is 15.8. The van der Waals surface area contributed by atoms with Gasteiger partial charge in [0.05, 0.1) is 0 Å². The Morgan fingerprint density at radius 2 is 1.43 bits per heavy atom. The molecule has 5 nitrogen and oxygen atoms in total. The van der Waals surface area contributed by atoms with Crippen LogP contribution in [0, 0.1) is 5.82 Å². The number of carbonyl (C=O) groups is 1. The molecule has 0 radical (unpaired) electrons. The van der Waals surface area contributed by atoms with Gasteiger partial charge in [-0.3, -0.25) is 4.79 Å². The van der Waals surface area contributed by atoms with Crippen molar-refractivity contribution in [1.82, 2.24) is 10.1 Å². The molecule has 0 atom stereocenters. The van der Waals surface area contributed by atoms with Crippen molar-refractivity contribution < 1.29 is 18.4 Å². The molecule has 3 aromatic carbocycles. The van der Waals surface area contributed by atoms with E-state index < -0.39 is 0 Å². The van der Waals surface area contributed by atoms with Crippen molar-refractivity contribution in [2.75, 3.05) is 0 Å². The number of ketones is 1. The van der Waals surface area contributed by atoms with Gasteiger partial charge in [0, 0.05) is 16.7 Å². The van der Waals surface area contributed by atoms with Crippen LogP contribution in [-0.4, -0.2) is 15.9 Å². The first-order valence-electron chi connectivity index (χ1n) is 8.57. The molecule has 0 bridgehead atoms. The van der Waals surface area contributed by atoms with Crippen LogP contribution in [0.5, 0.6) is 11.5 Å². The summed E-state index contributed by atoms with van der Waals surface area (Å²) in [6.07, 6.45) is 0. The van der Waals surface area contributed by atoms with Crippen molar-refractivity contribution >= 4 is 5.78 Å². The van der Waals surface area contributed by atoms with E-state index in [0.717, 1.165) is 11.1 Å². The number of hydrogen-bond donors (Lipinski definition) is 0. The molecule has 0 N–H and O–H groups in total. The van der Waals surface area contributed by atoms with Crippen molar-refractivity contribution in [2.45, 2.75) is 6.92 Å². The highest BCUT2D eigenvalue weighted by Gasteiger charge is 2.11. The van der Waals surface area contributed by atoms with E-state index in [1.165, 1.54) is 19.1 Å². The lowest BCUT2D eigenvalue weighted by atomic mass is 10.1. The van der Waals surface area contributed by atoms with Gasteiger partial charge in [-0.05, 0) is 67.6 Å². The van der Waals surface area contributed by atoms with Crippen molar-refractivity contribution in [1.29, 1.82) is 0 Å². The lowest BCUT2D eigenvalue weighted by Gasteiger charge is -2.05. The van der Waals surface area contributed by atoms with E-state index in [4.69, 9.17) is 9.26 Å². The standard InChI is InChI=1S/C22H15FN2O3/c1-14(26)15-2-4-17(5-3-15)22-24-21(25-28-22)16-6-10-19(11-7-16)27-20-12-8-18(23)9-13-20/h2-13H,1H3. The minimum Gasteiger partial charge on any atom is -0.457 e. The van der Waals surface area contributed by atoms with Crippen molar-refractivity contribution in [3.8, 4) is 34.3 Å². The average Bonchev–Trinajstić information content (AvgIpc) is 3.21. The van der Waals surface area contributed by atoms with E-state index in [1.54, 1.807) is 48.5 Å². The average molecular weight is 374 g/mol. The van der Waals surface area contributed by atoms with Gasteiger partial charge in [0.15, 0.2) is 5.78 Å². The first kappa shape index (κ1) is 17.6. The third-order valence-corrected chi connectivity index (χ3v) is 4.13. The van der Waals surface area contributed by atoms with Crippen molar-refractivity contribution in [2.24, 2.45) is 0 Å². The lowest BCUT2D eigenvalue weighted by molar-refractivity contribution is 0.101. The van der Waals surface area contributed by atoms with Gasteiger partial charge in [-0.1, -0.05) is 17.3 Å². The summed E-state index contributed by atoms with van der Waals surface area (Å²) in [6, 6.07) is 20.0. The molecule has 0 spiro atoms. The quantitative estimate of drug-likeness (QED) is 0.429. The minimum atomic E-state index is -0.313. The van der Waals surface area contributed by atoms with Crippen LogP contribution < -0.4 is 4.74 Å². The Kier molecular flexibility index (Phi) is 4.68. The molecule has 4 aromatic rings. The van der Waals surface area contributed by atoms with Gasteiger partial charge in [0.2, 0.25) is 5.82 Å². The maximum atomic E-state index is 13.0. The molecule has 0 aliphatic heterocycles. The zero-order valence-corrected chi connectivity index (χ0v) is 14.9. The predicted molar refractivity (Wildman–Crippen MR) is 102 cm³/mol. The topological polar surface area (TPSA) is 65.2 Å². The molecule has 0 fully saturated rings. The fourth-order valence-electron chi connectivity index (χ4n) is 2.62. The Morgan fingerprint density at radius 3 is 2.04 bits per heavy atom. The van der Waals surface area contributed by atoms with Gasteiger partial charge < -0.3 is 9.26 Å². The van der Waals surface area contributed by atoms with Crippen molar-refractivity contribution in [3.63, 3.8) is 0 Å². The predicted octanol–water partition coefficient (Wildman–Crippen LogP) is 5.54. The molecular weight excluding hydrogens is 359 g/mol. The molecule has 1 heterocycles. The number of nitrogens with zero attached hydrogens (tertiary/aromatic N) is 2. The van der Waals surface area contributed by atoms with Crippen LogP contribution in [0.2, 0.25) is 0 Å². The molecular formula is C22H15FN2O3. The fraction of sp³-hybridized carbons (Fsp3) is 0.0455. The number of hydrogen-bond acceptors (Lipinski definition) is 5. The lowest BCUT2D eigenvalue weighted by Crippen LogP contribution is -1.90. The van der Waals surface area contributed by atoms with Crippen LogP contribution >= 0.6 is 0 Å². The van der Waals surface area contributed by atoms with E-state index >= 15 is 0 Å². The van der Waals surface area contributed by atoms with E-state index in [9.17, 15) is 9.18 Å². The Labute approximate surface area is 160 Å². The van der Waals surface area contributed by atoms with E-state index in [2.05, 4.69) is 10.1 Å². The van der Waals surface area contributed by atoms with Crippen LogP contribution in [0.4, 0.5) is 4.39 Å². The second-order valence-electron chi connectivity index (χ2n) is 6.14. The summed E-state index contributed by atoms with van der Waals surface area (Å²) in [5.41, 5.74) is 2.13. The molecule has 1 aromatic heterocycles.